The first-order valence-electron chi connectivity index (χ1n) is 9.53. The van der Waals surface area contributed by atoms with Crippen molar-refractivity contribution < 1.29 is 19.2 Å². The predicted molar refractivity (Wildman–Crippen MR) is 108 cm³/mol. The van der Waals surface area contributed by atoms with Crippen molar-refractivity contribution in [2.75, 3.05) is 64.9 Å². The largest absolute Gasteiger partial charge is 0.476 e. The molecule has 0 radical (unpaired) electrons. The Bertz CT molecular complexity index is 664. The highest BCUT2D eigenvalue weighted by Gasteiger charge is 2.35. The molecule has 1 aromatic rings. The molecule has 1 aromatic carbocycles. The summed E-state index contributed by atoms with van der Waals surface area (Å²) in [6, 6.07) is 7.73. The van der Waals surface area contributed by atoms with E-state index in [1.165, 1.54) is 4.90 Å². The van der Waals surface area contributed by atoms with Crippen LogP contribution in [0.4, 0.5) is 5.69 Å². The lowest BCUT2D eigenvalue weighted by atomic mass is 10.1. The van der Waals surface area contributed by atoms with Gasteiger partial charge in [0.25, 0.3) is 5.91 Å². The molecule has 0 aliphatic carbocycles. The SMILES string of the molecule is C[NH+](C)CCCNC(=S)N1C[C@@H](C(=O)N2CCOCC2)Oc2ccccc21. The molecule has 148 valence electrons. The molecule has 0 unspecified atom stereocenters. The monoisotopic (exact) mass is 393 g/mol. The van der Waals surface area contributed by atoms with Crippen molar-refractivity contribution in [2.45, 2.75) is 12.5 Å². The second-order valence-electron chi connectivity index (χ2n) is 7.17. The van der Waals surface area contributed by atoms with Gasteiger partial charge in [-0.25, -0.2) is 0 Å². The van der Waals surface area contributed by atoms with E-state index >= 15 is 0 Å². The third-order valence-electron chi connectivity index (χ3n) is 4.75. The number of nitrogens with zero attached hydrogens (tertiary/aromatic N) is 2. The van der Waals surface area contributed by atoms with Gasteiger partial charge in [-0.2, -0.15) is 0 Å². The summed E-state index contributed by atoms with van der Waals surface area (Å²) in [5.74, 6) is 0.689. The van der Waals surface area contributed by atoms with Crippen LogP contribution in [-0.4, -0.2) is 82.1 Å². The standard InChI is InChI=1S/C19H28N4O3S/c1-21(2)9-5-8-20-19(27)23-14-17(18(24)22-10-12-25-13-11-22)26-16-7-4-3-6-15(16)23/h3-4,6-7,17H,5,8-14H2,1-2H3,(H,20,27)/p+1/t17-/m0/s1. The number of thiocarbonyl (C=S) groups is 1. The van der Waals surface area contributed by atoms with Gasteiger partial charge < -0.3 is 29.5 Å². The minimum atomic E-state index is -0.566. The number of carbonyl (C=O) groups excluding carboxylic acids is 1. The maximum absolute atomic E-state index is 12.9. The Hall–Kier alpha value is -1.90. The van der Waals surface area contributed by atoms with E-state index in [0.29, 0.717) is 43.7 Å². The zero-order valence-electron chi connectivity index (χ0n) is 16.1. The van der Waals surface area contributed by atoms with Gasteiger partial charge in [-0.15, -0.1) is 0 Å². The predicted octanol–water partition coefficient (Wildman–Crippen LogP) is -0.478. The Morgan fingerprint density at radius 2 is 2.04 bits per heavy atom. The van der Waals surface area contributed by atoms with Crippen LogP contribution in [0.25, 0.3) is 0 Å². The molecule has 7 nitrogen and oxygen atoms in total. The van der Waals surface area contributed by atoms with Crippen LogP contribution in [0.15, 0.2) is 24.3 Å². The van der Waals surface area contributed by atoms with Crippen LogP contribution in [0.3, 0.4) is 0 Å². The molecule has 0 saturated carbocycles. The molecule has 0 bridgehead atoms. The van der Waals surface area contributed by atoms with Crippen LogP contribution >= 0.6 is 12.2 Å². The van der Waals surface area contributed by atoms with Gasteiger partial charge in [0.1, 0.15) is 5.75 Å². The maximum Gasteiger partial charge on any atom is 0.265 e. The fraction of sp³-hybridized carbons (Fsp3) is 0.579. The van der Waals surface area contributed by atoms with E-state index in [1.807, 2.05) is 34.1 Å². The Balaban J connectivity index is 1.68. The van der Waals surface area contributed by atoms with Crippen molar-refractivity contribution in [2.24, 2.45) is 0 Å². The van der Waals surface area contributed by atoms with Crippen molar-refractivity contribution in [1.82, 2.24) is 10.2 Å². The lowest BCUT2D eigenvalue weighted by Gasteiger charge is -2.38. The van der Waals surface area contributed by atoms with Gasteiger partial charge in [0.2, 0.25) is 0 Å². The number of rotatable bonds is 5. The number of hydrogen-bond donors (Lipinski definition) is 2. The summed E-state index contributed by atoms with van der Waals surface area (Å²) < 4.78 is 11.4. The van der Waals surface area contributed by atoms with Crippen LogP contribution in [0.1, 0.15) is 6.42 Å². The molecule has 0 spiro atoms. The first-order valence-corrected chi connectivity index (χ1v) is 9.93. The number of para-hydroxylation sites is 2. The molecule has 2 aliphatic heterocycles. The van der Waals surface area contributed by atoms with E-state index in [9.17, 15) is 4.79 Å². The van der Waals surface area contributed by atoms with Gasteiger partial charge in [0.15, 0.2) is 11.2 Å². The quantitative estimate of drug-likeness (QED) is 0.521. The van der Waals surface area contributed by atoms with Crippen LogP contribution in [0, 0.1) is 0 Å². The summed E-state index contributed by atoms with van der Waals surface area (Å²) in [6.45, 7) is 4.67. The molecule has 8 heteroatoms. The number of nitrogens with one attached hydrogen (secondary N) is 2. The Kier molecular flexibility index (Phi) is 6.87. The number of carbonyl (C=O) groups is 1. The van der Waals surface area contributed by atoms with E-state index in [0.717, 1.165) is 25.2 Å². The van der Waals surface area contributed by atoms with Gasteiger partial charge in [0, 0.05) is 26.1 Å². The van der Waals surface area contributed by atoms with E-state index in [2.05, 4.69) is 19.4 Å². The molecule has 1 saturated heterocycles. The molecule has 1 fully saturated rings. The van der Waals surface area contributed by atoms with Crippen molar-refractivity contribution in [3.8, 4) is 5.75 Å². The minimum Gasteiger partial charge on any atom is -0.476 e. The minimum absolute atomic E-state index is 0.00295. The third-order valence-corrected chi connectivity index (χ3v) is 5.11. The first kappa shape index (κ1) is 19.9. The highest BCUT2D eigenvalue weighted by Crippen LogP contribution is 2.33. The molecule has 0 aromatic heterocycles. The Labute approximate surface area is 166 Å². The summed E-state index contributed by atoms with van der Waals surface area (Å²) in [5.41, 5.74) is 0.902. The normalized spacial score (nSPS) is 19.4. The maximum atomic E-state index is 12.9. The van der Waals surface area contributed by atoms with Crippen molar-refractivity contribution >= 4 is 28.9 Å². The zero-order valence-corrected chi connectivity index (χ0v) is 16.9. The van der Waals surface area contributed by atoms with E-state index in [-0.39, 0.29) is 5.91 Å². The highest BCUT2D eigenvalue weighted by molar-refractivity contribution is 7.80. The Morgan fingerprint density at radius 1 is 1.30 bits per heavy atom. The molecular formula is C19H29N4O3S+. The number of ether oxygens (including phenoxy) is 2. The highest BCUT2D eigenvalue weighted by atomic mass is 32.1. The second kappa shape index (κ2) is 9.34. The van der Waals surface area contributed by atoms with Gasteiger partial charge in [0.05, 0.1) is 46.1 Å². The third kappa shape index (κ3) is 5.09. The number of quaternary nitrogens is 1. The van der Waals surface area contributed by atoms with Crippen LogP contribution in [0.2, 0.25) is 0 Å². The molecular weight excluding hydrogens is 364 g/mol. The summed E-state index contributed by atoms with van der Waals surface area (Å²) in [4.78, 5) is 18.1. The molecule has 2 aliphatic rings. The second-order valence-corrected chi connectivity index (χ2v) is 7.55. The number of anilines is 1. The van der Waals surface area contributed by atoms with Gasteiger partial charge in [-0.1, -0.05) is 12.1 Å². The van der Waals surface area contributed by atoms with Crippen molar-refractivity contribution in [1.29, 1.82) is 0 Å². The van der Waals surface area contributed by atoms with Gasteiger partial charge in [-0.05, 0) is 24.4 Å². The van der Waals surface area contributed by atoms with Crippen molar-refractivity contribution in [3.63, 3.8) is 0 Å². The molecule has 2 N–H and O–H groups in total. The number of amides is 1. The first-order chi connectivity index (χ1) is 13.1. The molecule has 3 rings (SSSR count). The van der Waals surface area contributed by atoms with Crippen LogP contribution in [0.5, 0.6) is 5.75 Å². The Morgan fingerprint density at radius 3 is 2.78 bits per heavy atom. The summed E-state index contributed by atoms with van der Waals surface area (Å²) in [5, 5.41) is 3.97. The molecule has 1 atom stereocenters. The number of fused-ring (bicyclic) bond motifs is 1. The summed E-state index contributed by atoms with van der Waals surface area (Å²) in [7, 11) is 4.27. The average Bonchev–Trinajstić information content (AvgIpc) is 2.70. The van der Waals surface area contributed by atoms with E-state index < -0.39 is 6.10 Å². The summed E-state index contributed by atoms with van der Waals surface area (Å²) in [6.07, 6.45) is 0.467. The summed E-state index contributed by atoms with van der Waals surface area (Å²) >= 11 is 5.63. The molecule has 27 heavy (non-hydrogen) atoms. The topological polar surface area (TPSA) is 58.5 Å². The van der Waals surface area contributed by atoms with Crippen molar-refractivity contribution in [3.05, 3.63) is 24.3 Å². The number of hydrogen-bond acceptors (Lipinski definition) is 4. The number of benzene rings is 1. The van der Waals surface area contributed by atoms with E-state index in [1.54, 1.807) is 0 Å². The lowest BCUT2D eigenvalue weighted by molar-refractivity contribution is -0.858. The van der Waals surface area contributed by atoms with Crippen LogP contribution in [-0.2, 0) is 9.53 Å². The van der Waals surface area contributed by atoms with Crippen LogP contribution < -0.4 is 19.9 Å². The zero-order chi connectivity index (χ0) is 19.2. The average molecular weight is 394 g/mol. The van der Waals surface area contributed by atoms with E-state index in [4.69, 9.17) is 21.7 Å². The molecule has 1 amide bonds. The molecule has 2 heterocycles. The number of morpholine rings is 1. The van der Waals surface area contributed by atoms with Gasteiger partial charge in [-0.3, -0.25) is 4.79 Å². The fourth-order valence-electron chi connectivity index (χ4n) is 3.28. The smallest absolute Gasteiger partial charge is 0.265 e. The van der Waals surface area contributed by atoms with Gasteiger partial charge >= 0.3 is 0 Å². The lowest BCUT2D eigenvalue weighted by Crippen LogP contribution is -3.05. The fourth-order valence-corrected chi connectivity index (χ4v) is 3.55.